The van der Waals surface area contributed by atoms with E-state index in [1.54, 1.807) is 73.7 Å². The largest absolute Gasteiger partial charge is 0.350 e. The number of aryl methyl sites for hydroxylation is 1. The number of carbonyl (C=O) groups excluding carboxylic acids is 1. The third-order valence-electron chi connectivity index (χ3n) is 5.40. The summed E-state index contributed by atoms with van der Waals surface area (Å²) in [5.74, 6) is -0.589. The SMILES string of the molecule is Cc1ccccc1C(=O)n1c(=O)n(S(=O)(=O)c2cccc3cccnc23)c2ccccc21. The molecule has 0 N–H and O–H groups in total. The van der Waals surface area contributed by atoms with Crippen molar-refractivity contribution < 1.29 is 13.2 Å². The monoisotopic (exact) mass is 443 g/mol. The van der Waals surface area contributed by atoms with E-state index >= 15 is 0 Å². The predicted octanol–water partition coefficient (Wildman–Crippen LogP) is 3.59. The van der Waals surface area contributed by atoms with Crippen LogP contribution in [-0.4, -0.2) is 27.8 Å². The summed E-state index contributed by atoms with van der Waals surface area (Å²) < 4.78 is 29.0. The van der Waals surface area contributed by atoms with Crippen LogP contribution in [0, 0.1) is 6.92 Å². The molecular weight excluding hydrogens is 426 g/mol. The van der Waals surface area contributed by atoms with Gasteiger partial charge in [-0.3, -0.25) is 9.78 Å². The van der Waals surface area contributed by atoms with Crippen LogP contribution in [0.4, 0.5) is 0 Å². The van der Waals surface area contributed by atoms with Gasteiger partial charge in [-0.25, -0.2) is 17.8 Å². The minimum absolute atomic E-state index is 0.107. The summed E-state index contributed by atoms with van der Waals surface area (Å²) in [6.45, 7) is 1.76. The third kappa shape index (κ3) is 2.88. The number of benzene rings is 3. The zero-order chi connectivity index (χ0) is 22.5. The molecule has 2 heterocycles. The number of pyridine rings is 1. The van der Waals surface area contributed by atoms with Crippen molar-refractivity contribution in [1.82, 2.24) is 13.5 Å². The minimum Gasteiger partial charge on any atom is -0.268 e. The maximum Gasteiger partial charge on any atom is 0.350 e. The van der Waals surface area contributed by atoms with Crippen LogP contribution in [0.3, 0.4) is 0 Å². The zero-order valence-corrected chi connectivity index (χ0v) is 17.8. The predicted molar refractivity (Wildman–Crippen MR) is 121 cm³/mol. The molecule has 8 heteroatoms. The van der Waals surface area contributed by atoms with E-state index < -0.39 is 21.6 Å². The van der Waals surface area contributed by atoms with Crippen LogP contribution in [0.15, 0.2) is 94.7 Å². The van der Waals surface area contributed by atoms with Crippen molar-refractivity contribution in [2.45, 2.75) is 11.8 Å². The lowest BCUT2D eigenvalue weighted by Gasteiger charge is -2.08. The maximum absolute atomic E-state index is 13.7. The highest BCUT2D eigenvalue weighted by molar-refractivity contribution is 7.90. The average molecular weight is 443 g/mol. The molecule has 0 atom stereocenters. The second-order valence-corrected chi connectivity index (χ2v) is 9.08. The molecule has 0 saturated carbocycles. The van der Waals surface area contributed by atoms with E-state index in [4.69, 9.17) is 0 Å². The number of hydrogen-bond donors (Lipinski definition) is 0. The van der Waals surface area contributed by atoms with Gasteiger partial charge < -0.3 is 0 Å². The molecule has 5 aromatic rings. The van der Waals surface area contributed by atoms with Crippen molar-refractivity contribution in [3.8, 4) is 0 Å². The van der Waals surface area contributed by atoms with Gasteiger partial charge in [-0.05, 0) is 42.8 Å². The first kappa shape index (κ1) is 19.9. The van der Waals surface area contributed by atoms with E-state index in [9.17, 15) is 18.0 Å². The van der Waals surface area contributed by atoms with Crippen LogP contribution < -0.4 is 5.69 Å². The Hall–Kier alpha value is -4.04. The van der Waals surface area contributed by atoms with Gasteiger partial charge in [0.1, 0.15) is 4.90 Å². The van der Waals surface area contributed by atoms with E-state index in [0.29, 0.717) is 20.5 Å². The topological polar surface area (TPSA) is 91.0 Å². The lowest BCUT2D eigenvalue weighted by molar-refractivity contribution is 0.0960. The van der Waals surface area contributed by atoms with Crippen molar-refractivity contribution in [3.05, 3.63) is 107 Å². The first-order valence-electron chi connectivity index (χ1n) is 9.83. The standard InChI is InChI=1S/C24H17N3O4S/c1-16-8-2-3-11-18(16)23(28)26-19-12-4-5-13-20(19)27(24(26)29)32(30,31)21-14-6-9-17-10-7-15-25-22(17)21/h2-15H,1H3. The van der Waals surface area contributed by atoms with Gasteiger partial charge >= 0.3 is 5.69 Å². The van der Waals surface area contributed by atoms with Gasteiger partial charge in [0.25, 0.3) is 15.9 Å². The highest BCUT2D eigenvalue weighted by Crippen LogP contribution is 2.25. The molecule has 0 saturated heterocycles. The van der Waals surface area contributed by atoms with Crippen molar-refractivity contribution in [1.29, 1.82) is 0 Å². The molecule has 0 unspecified atom stereocenters. The Morgan fingerprint density at radius 1 is 0.844 bits per heavy atom. The van der Waals surface area contributed by atoms with Gasteiger partial charge in [0, 0.05) is 17.1 Å². The van der Waals surface area contributed by atoms with E-state index in [1.165, 1.54) is 18.3 Å². The first-order valence-corrected chi connectivity index (χ1v) is 11.3. The Kier molecular flexibility index (Phi) is 4.53. The van der Waals surface area contributed by atoms with Crippen LogP contribution in [0.2, 0.25) is 0 Å². The second kappa shape index (κ2) is 7.28. The highest BCUT2D eigenvalue weighted by Gasteiger charge is 2.29. The third-order valence-corrected chi connectivity index (χ3v) is 7.12. The van der Waals surface area contributed by atoms with Gasteiger partial charge in [0.2, 0.25) is 0 Å². The summed E-state index contributed by atoms with van der Waals surface area (Å²) in [6.07, 6.45) is 1.50. The van der Waals surface area contributed by atoms with E-state index in [0.717, 1.165) is 4.57 Å². The molecule has 0 spiro atoms. The Balaban J connectivity index is 1.83. The summed E-state index contributed by atoms with van der Waals surface area (Å²) in [5, 5.41) is 0.626. The molecule has 3 aromatic carbocycles. The molecule has 0 aliphatic heterocycles. The fraction of sp³-hybridized carbons (Fsp3) is 0.0417. The van der Waals surface area contributed by atoms with Crippen LogP contribution in [0.5, 0.6) is 0 Å². The smallest absolute Gasteiger partial charge is 0.268 e. The molecule has 7 nitrogen and oxygen atoms in total. The Labute approximate surface area is 183 Å². The average Bonchev–Trinajstić information content (AvgIpc) is 3.11. The molecule has 0 fully saturated rings. The van der Waals surface area contributed by atoms with Crippen LogP contribution >= 0.6 is 0 Å². The molecule has 0 radical (unpaired) electrons. The number of hydrogen-bond acceptors (Lipinski definition) is 5. The lowest BCUT2D eigenvalue weighted by Crippen LogP contribution is -2.33. The van der Waals surface area contributed by atoms with Gasteiger partial charge in [-0.15, -0.1) is 0 Å². The van der Waals surface area contributed by atoms with Crippen LogP contribution in [0.1, 0.15) is 15.9 Å². The van der Waals surface area contributed by atoms with Crippen molar-refractivity contribution in [2.24, 2.45) is 0 Å². The Morgan fingerprint density at radius 3 is 2.31 bits per heavy atom. The fourth-order valence-electron chi connectivity index (χ4n) is 3.87. The summed E-state index contributed by atoms with van der Waals surface area (Å²) in [5.41, 5.74) is 0.635. The lowest BCUT2D eigenvalue weighted by atomic mass is 10.1. The van der Waals surface area contributed by atoms with Crippen LogP contribution in [-0.2, 0) is 10.0 Å². The van der Waals surface area contributed by atoms with E-state index in [-0.39, 0.29) is 21.4 Å². The molecule has 158 valence electrons. The van der Waals surface area contributed by atoms with Gasteiger partial charge in [0.15, 0.2) is 0 Å². The van der Waals surface area contributed by atoms with Gasteiger partial charge in [-0.1, -0.05) is 48.5 Å². The van der Waals surface area contributed by atoms with Crippen molar-refractivity contribution in [3.63, 3.8) is 0 Å². The number of aromatic nitrogens is 3. The number of carbonyl (C=O) groups is 1. The summed E-state index contributed by atoms with van der Waals surface area (Å²) in [6, 6.07) is 21.4. The molecule has 0 aliphatic rings. The van der Waals surface area contributed by atoms with E-state index in [2.05, 4.69) is 4.98 Å². The summed E-state index contributed by atoms with van der Waals surface area (Å²) in [7, 11) is -4.36. The first-order chi connectivity index (χ1) is 15.4. The Morgan fingerprint density at radius 2 is 1.53 bits per heavy atom. The molecule has 32 heavy (non-hydrogen) atoms. The quantitative estimate of drug-likeness (QED) is 0.425. The number of rotatable bonds is 3. The molecular formula is C24H17N3O4S. The summed E-state index contributed by atoms with van der Waals surface area (Å²) >= 11 is 0. The zero-order valence-electron chi connectivity index (χ0n) is 17.0. The fourth-order valence-corrected chi connectivity index (χ4v) is 5.43. The van der Waals surface area contributed by atoms with Crippen LogP contribution in [0.25, 0.3) is 21.9 Å². The second-order valence-electron chi connectivity index (χ2n) is 7.33. The Bertz CT molecular complexity index is 1690. The summed E-state index contributed by atoms with van der Waals surface area (Å²) in [4.78, 5) is 30.9. The number of para-hydroxylation sites is 3. The number of fused-ring (bicyclic) bond motifs is 2. The van der Waals surface area contributed by atoms with Gasteiger partial charge in [0.05, 0.1) is 16.6 Å². The maximum atomic E-state index is 13.7. The normalized spacial score (nSPS) is 11.8. The van der Waals surface area contributed by atoms with E-state index in [1.807, 2.05) is 0 Å². The number of imidazole rings is 1. The molecule has 0 amide bonds. The number of nitrogens with zero attached hydrogens (tertiary/aromatic N) is 3. The molecule has 0 bridgehead atoms. The molecule has 0 aliphatic carbocycles. The van der Waals surface area contributed by atoms with Crippen molar-refractivity contribution in [2.75, 3.05) is 0 Å². The van der Waals surface area contributed by atoms with Gasteiger partial charge in [-0.2, -0.15) is 3.97 Å². The highest BCUT2D eigenvalue weighted by atomic mass is 32.2. The van der Waals surface area contributed by atoms with Crippen molar-refractivity contribution >= 4 is 37.9 Å². The molecule has 5 rings (SSSR count). The minimum atomic E-state index is -4.36. The molecule has 2 aromatic heterocycles.